The van der Waals surface area contributed by atoms with E-state index in [2.05, 4.69) is 29.6 Å². The molecule has 0 heterocycles. The van der Waals surface area contributed by atoms with Crippen molar-refractivity contribution < 1.29 is 9.47 Å². The van der Waals surface area contributed by atoms with E-state index in [1.54, 1.807) is 18.9 Å². The van der Waals surface area contributed by atoms with Crippen molar-refractivity contribution in [1.82, 2.24) is 0 Å². The van der Waals surface area contributed by atoms with Gasteiger partial charge in [0.1, 0.15) is 15.8 Å². The predicted molar refractivity (Wildman–Crippen MR) is 116 cm³/mol. The molecule has 0 aliphatic carbocycles. The maximum absolute atomic E-state index is 5.85. The summed E-state index contributed by atoms with van der Waals surface area (Å²) in [5.74, 6) is 2.63. The number of ether oxygens (including phenoxy) is 2. The van der Waals surface area contributed by atoms with Crippen molar-refractivity contribution in [3.05, 3.63) is 66.7 Å². The van der Waals surface area contributed by atoms with Crippen LogP contribution in [0.5, 0.6) is 11.5 Å². The van der Waals surface area contributed by atoms with Gasteiger partial charge in [0.15, 0.2) is 0 Å². The van der Waals surface area contributed by atoms with Crippen molar-refractivity contribution in [2.45, 2.75) is 6.42 Å². The number of thiocarbonyl (C=S) groups is 1. The summed E-state index contributed by atoms with van der Waals surface area (Å²) in [5, 5.41) is 5.64. The number of hydrogen-bond acceptors (Lipinski definition) is 4. The summed E-state index contributed by atoms with van der Waals surface area (Å²) in [6.45, 7) is 0.674. The number of benzene rings is 3. The molecule has 0 amide bonds. The van der Waals surface area contributed by atoms with Gasteiger partial charge >= 0.3 is 0 Å². The smallest absolute Gasteiger partial charge is 0.138 e. The van der Waals surface area contributed by atoms with Crippen LogP contribution in [0.3, 0.4) is 0 Å². The minimum Gasteiger partial charge on any atom is -0.497 e. The molecule has 0 bridgehead atoms. The van der Waals surface area contributed by atoms with Crippen molar-refractivity contribution in [2.24, 2.45) is 0 Å². The fourth-order valence-electron chi connectivity index (χ4n) is 2.53. The molecule has 3 aromatic rings. The molecular formula is C21H21NO2S2. The Morgan fingerprint density at radius 2 is 1.81 bits per heavy atom. The summed E-state index contributed by atoms with van der Waals surface area (Å²) in [5.41, 5.74) is 0.939. The van der Waals surface area contributed by atoms with Crippen molar-refractivity contribution in [3.63, 3.8) is 0 Å². The molecule has 0 atom stereocenters. The molecule has 0 spiro atoms. The molecule has 0 fully saturated rings. The molecule has 3 rings (SSSR count). The molecule has 0 saturated carbocycles. The zero-order valence-corrected chi connectivity index (χ0v) is 16.2. The van der Waals surface area contributed by atoms with Gasteiger partial charge in [0.25, 0.3) is 0 Å². The van der Waals surface area contributed by atoms with E-state index in [9.17, 15) is 0 Å². The lowest BCUT2D eigenvalue weighted by Gasteiger charge is -2.10. The maximum atomic E-state index is 5.85. The largest absolute Gasteiger partial charge is 0.497 e. The van der Waals surface area contributed by atoms with E-state index >= 15 is 0 Å². The number of hydrogen-bond donors (Lipinski definition) is 1. The predicted octanol–water partition coefficient (Wildman–Crippen LogP) is 5.75. The normalized spacial score (nSPS) is 10.5. The van der Waals surface area contributed by atoms with Crippen molar-refractivity contribution in [2.75, 3.05) is 24.8 Å². The molecule has 0 aliphatic rings. The number of methoxy groups -OCH3 is 1. The van der Waals surface area contributed by atoms with Crippen LogP contribution in [0.2, 0.25) is 0 Å². The van der Waals surface area contributed by atoms with Gasteiger partial charge < -0.3 is 14.8 Å². The van der Waals surface area contributed by atoms with Crippen LogP contribution in [-0.2, 0) is 0 Å². The van der Waals surface area contributed by atoms with Gasteiger partial charge in [-0.2, -0.15) is 0 Å². The molecule has 3 nitrogen and oxygen atoms in total. The van der Waals surface area contributed by atoms with E-state index in [0.29, 0.717) is 6.61 Å². The third-order valence-electron chi connectivity index (χ3n) is 3.83. The van der Waals surface area contributed by atoms with Gasteiger partial charge in [0, 0.05) is 17.5 Å². The highest BCUT2D eigenvalue weighted by Crippen LogP contribution is 2.21. The molecule has 0 saturated heterocycles. The Kier molecular flexibility index (Phi) is 6.75. The molecule has 1 N–H and O–H groups in total. The van der Waals surface area contributed by atoms with Crippen LogP contribution >= 0.6 is 24.0 Å². The first-order valence-corrected chi connectivity index (χ1v) is 9.83. The lowest BCUT2D eigenvalue weighted by atomic mass is 10.1. The summed E-state index contributed by atoms with van der Waals surface area (Å²) >= 11 is 7.00. The Morgan fingerprint density at radius 3 is 2.65 bits per heavy atom. The average molecular weight is 384 g/mol. The zero-order valence-electron chi connectivity index (χ0n) is 14.6. The van der Waals surface area contributed by atoms with E-state index in [-0.39, 0.29) is 0 Å². The summed E-state index contributed by atoms with van der Waals surface area (Å²) < 4.78 is 11.8. The van der Waals surface area contributed by atoms with Crippen LogP contribution in [0.4, 0.5) is 5.69 Å². The van der Waals surface area contributed by atoms with Crippen LogP contribution < -0.4 is 14.8 Å². The molecule has 134 valence electrons. The summed E-state index contributed by atoms with van der Waals surface area (Å²) in [6, 6.07) is 22.2. The standard InChI is InChI=1S/C21H21NO2S2/c1-23-19-9-4-8-18(15-19)22-21(25)26-13-5-12-24-20-11-10-16-6-2-3-7-17(16)14-20/h2-4,6-11,14-15H,5,12-13H2,1H3,(H,22,25). The highest BCUT2D eigenvalue weighted by atomic mass is 32.2. The molecule has 3 aromatic carbocycles. The first-order chi connectivity index (χ1) is 12.7. The fraction of sp³-hybridized carbons (Fsp3) is 0.190. The minimum absolute atomic E-state index is 0.674. The van der Waals surface area contributed by atoms with Crippen molar-refractivity contribution in [3.8, 4) is 11.5 Å². The Hall–Kier alpha value is -2.24. The van der Waals surface area contributed by atoms with Gasteiger partial charge in [0.2, 0.25) is 0 Å². The van der Waals surface area contributed by atoms with Crippen LogP contribution in [0, 0.1) is 0 Å². The number of fused-ring (bicyclic) bond motifs is 1. The quantitative estimate of drug-likeness (QED) is 0.415. The highest BCUT2D eigenvalue weighted by Gasteiger charge is 2.02. The Bertz CT molecular complexity index is 883. The lowest BCUT2D eigenvalue weighted by Crippen LogP contribution is -2.07. The van der Waals surface area contributed by atoms with Gasteiger partial charge in [-0.3, -0.25) is 0 Å². The second-order valence-corrected chi connectivity index (χ2v) is 7.48. The number of anilines is 1. The molecule has 0 unspecified atom stereocenters. The third kappa shape index (κ3) is 5.38. The van der Waals surface area contributed by atoms with E-state index in [1.165, 1.54) is 10.8 Å². The summed E-state index contributed by atoms with van der Waals surface area (Å²) in [7, 11) is 1.65. The molecule has 26 heavy (non-hydrogen) atoms. The molecule has 0 radical (unpaired) electrons. The first kappa shape index (κ1) is 18.5. The summed E-state index contributed by atoms with van der Waals surface area (Å²) in [4.78, 5) is 0. The maximum Gasteiger partial charge on any atom is 0.138 e. The van der Waals surface area contributed by atoms with Gasteiger partial charge in [-0.15, -0.1) is 0 Å². The van der Waals surface area contributed by atoms with Crippen LogP contribution in [0.25, 0.3) is 10.8 Å². The zero-order chi connectivity index (χ0) is 18.2. The van der Waals surface area contributed by atoms with E-state index < -0.39 is 0 Å². The monoisotopic (exact) mass is 383 g/mol. The van der Waals surface area contributed by atoms with E-state index in [1.807, 2.05) is 42.5 Å². The SMILES string of the molecule is COc1cccc(NC(=S)SCCCOc2ccc3ccccc3c2)c1. The molecule has 0 aliphatic heterocycles. The number of nitrogens with one attached hydrogen (secondary N) is 1. The van der Waals surface area contributed by atoms with Gasteiger partial charge in [-0.1, -0.05) is 60.4 Å². The third-order valence-corrected chi connectivity index (χ3v) is 5.14. The van der Waals surface area contributed by atoms with E-state index in [0.717, 1.165) is 33.7 Å². The Labute approximate surface area is 163 Å². The fourth-order valence-corrected chi connectivity index (χ4v) is 3.53. The van der Waals surface area contributed by atoms with Gasteiger partial charge in [0.05, 0.1) is 13.7 Å². The van der Waals surface area contributed by atoms with Crippen LogP contribution in [0.1, 0.15) is 6.42 Å². The number of rotatable bonds is 7. The Morgan fingerprint density at radius 1 is 0.962 bits per heavy atom. The number of thioether (sulfide) groups is 1. The van der Waals surface area contributed by atoms with Gasteiger partial charge in [-0.25, -0.2) is 0 Å². The van der Waals surface area contributed by atoms with Crippen molar-refractivity contribution >= 4 is 44.8 Å². The second-order valence-electron chi connectivity index (χ2n) is 5.70. The second kappa shape index (κ2) is 9.46. The van der Waals surface area contributed by atoms with Crippen LogP contribution in [-0.4, -0.2) is 23.8 Å². The molecular weight excluding hydrogens is 362 g/mol. The van der Waals surface area contributed by atoms with Crippen molar-refractivity contribution in [1.29, 1.82) is 0 Å². The van der Waals surface area contributed by atoms with Crippen LogP contribution in [0.15, 0.2) is 66.7 Å². The van der Waals surface area contributed by atoms with Gasteiger partial charge in [-0.05, 0) is 41.5 Å². The topological polar surface area (TPSA) is 30.5 Å². The highest BCUT2D eigenvalue weighted by molar-refractivity contribution is 8.23. The first-order valence-electron chi connectivity index (χ1n) is 8.44. The van der Waals surface area contributed by atoms with E-state index in [4.69, 9.17) is 21.7 Å². The lowest BCUT2D eigenvalue weighted by molar-refractivity contribution is 0.319. The average Bonchev–Trinajstić information content (AvgIpc) is 2.67. The Balaban J connectivity index is 1.38. The minimum atomic E-state index is 0.674. The molecule has 5 heteroatoms. The summed E-state index contributed by atoms with van der Waals surface area (Å²) in [6.07, 6.45) is 0.928. The molecule has 0 aromatic heterocycles.